The molecule has 0 rings (SSSR count). The topological polar surface area (TPSA) is 78.9 Å². The first-order valence-electron chi connectivity index (χ1n) is 36.0. The van der Waals surface area contributed by atoms with E-state index in [1.165, 1.54) is 327 Å². The molecule has 6 heteroatoms. The Hall–Kier alpha value is -1.59. The van der Waals surface area contributed by atoms with Gasteiger partial charge in [0.05, 0.1) is 0 Å². The summed E-state index contributed by atoms with van der Waals surface area (Å²) >= 11 is 0. The number of unbranched alkanes of at least 4 members (excludes halogenated alkanes) is 57. The molecule has 0 saturated heterocycles. The molecule has 0 heterocycles. The van der Waals surface area contributed by atoms with Crippen LogP contribution in [0.3, 0.4) is 0 Å². The fourth-order valence-electron chi connectivity index (χ4n) is 11.5. The van der Waals surface area contributed by atoms with Gasteiger partial charge in [-0.1, -0.05) is 387 Å². The third-order valence-corrected chi connectivity index (χ3v) is 16.9. The average molecular weight is 1100 g/mol. The van der Waals surface area contributed by atoms with Crippen molar-refractivity contribution in [1.82, 2.24) is 0 Å². The number of hydrogen-bond donors (Lipinski definition) is 0. The predicted molar refractivity (Wildman–Crippen MR) is 340 cm³/mol. The smallest absolute Gasteiger partial charge is 0.306 e. The van der Waals surface area contributed by atoms with Gasteiger partial charge in [-0.15, -0.1) is 0 Å². The maximum Gasteiger partial charge on any atom is 0.306 e. The summed E-state index contributed by atoms with van der Waals surface area (Å²) < 4.78 is 16.9. The zero-order chi connectivity index (χ0) is 56.4. The van der Waals surface area contributed by atoms with Crippen molar-refractivity contribution in [2.45, 2.75) is 431 Å². The van der Waals surface area contributed by atoms with Gasteiger partial charge in [-0.3, -0.25) is 14.4 Å². The van der Waals surface area contributed by atoms with E-state index in [0.717, 1.165) is 57.8 Å². The normalized spacial score (nSPS) is 11.9. The molecule has 464 valence electrons. The standard InChI is InChI=1S/C72H140O6/c1-4-7-10-13-16-18-20-22-24-26-28-30-32-34-35-36-37-38-39-41-42-44-46-48-50-52-54-56-59-62-65-71(74)77-68-69(67-76-70(73)64-61-58-15-12-9-6-3)78-72(75)66-63-60-57-55-53-51-49-47-45-43-40-33-31-29-27-25-23-21-19-17-14-11-8-5-2/h69H,4-68H2,1-3H3. The summed E-state index contributed by atoms with van der Waals surface area (Å²) in [4.78, 5) is 38.1. The lowest BCUT2D eigenvalue weighted by Gasteiger charge is -2.18. The number of carbonyl (C=O) groups is 3. The molecule has 0 amide bonds. The second-order valence-electron chi connectivity index (χ2n) is 24.9. The maximum atomic E-state index is 12.9. The van der Waals surface area contributed by atoms with Crippen LogP contribution in [-0.2, 0) is 28.6 Å². The van der Waals surface area contributed by atoms with E-state index in [-0.39, 0.29) is 31.1 Å². The van der Waals surface area contributed by atoms with E-state index in [4.69, 9.17) is 14.2 Å². The predicted octanol–water partition coefficient (Wildman–Crippen LogP) is 24.6. The molecule has 6 nitrogen and oxygen atoms in total. The highest BCUT2D eigenvalue weighted by Gasteiger charge is 2.19. The molecule has 1 atom stereocenters. The van der Waals surface area contributed by atoms with E-state index in [0.29, 0.717) is 19.3 Å². The van der Waals surface area contributed by atoms with Crippen LogP contribution < -0.4 is 0 Å². The van der Waals surface area contributed by atoms with Crippen LogP contribution in [0.15, 0.2) is 0 Å². The third-order valence-electron chi connectivity index (χ3n) is 16.9. The van der Waals surface area contributed by atoms with E-state index in [1.807, 2.05) is 0 Å². The van der Waals surface area contributed by atoms with Crippen molar-refractivity contribution in [3.63, 3.8) is 0 Å². The Labute approximate surface area is 488 Å². The van der Waals surface area contributed by atoms with Gasteiger partial charge in [0.2, 0.25) is 0 Å². The van der Waals surface area contributed by atoms with Gasteiger partial charge < -0.3 is 14.2 Å². The van der Waals surface area contributed by atoms with Crippen LogP contribution in [0.1, 0.15) is 425 Å². The second kappa shape index (κ2) is 67.9. The molecule has 0 aromatic carbocycles. The van der Waals surface area contributed by atoms with Crippen LogP contribution in [0.25, 0.3) is 0 Å². The molecule has 0 spiro atoms. The molecule has 0 saturated carbocycles. The quantitative estimate of drug-likeness (QED) is 0.0343. The Morgan fingerprint density at radius 2 is 0.346 bits per heavy atom. The maximum absolute atomic E-state index is 12.9. The highest BCUT2D eigenvalue weighted by atomic mass is 16.6. The van der Waals surface area contributed by atoms with Gasteiger partial charge in [0.1, 0.15) is 13.2 Å². The molecular weight excluding hydrogens is 961 g/mol. The first-order valence-corrected chi connectivity index (χ1v) is 36.0. The summed E-state index contributed by atoms with van der Waals surface area (Å²) in [5.74, 6) is -0.836. The van der Waals surface area contributed by atoms with Crippen molar-refractivity contribution in [2.24, 2.45) is 0 Å². The van der Waals surface area contributed by atoms with E-state index in [9.17, 15) is 14.4 Å². The Balaban J connectivity index is 3.92. The van der Waals surface area contributed by atoms with E-state index >= 15 is 0 Å². The van der Waals surface area contributed by atoms with Crippen molar-refractivity contribution in [3.8, 4) is 0 Å². The lowest BCUT2D eigenvalue weighted by atomic mass is 10.0. The highest BCUT2D eigenvalue weighted by Crippen LogP contribution is 2.20. The Kier molecular flexibility index (Phi) is 66.5. The van der Waals surface area contributed by atoms with Crippen molar-refractivity contribution in [3.05, 3.63) is 0 Å². The number of ether oxygens (including phenoxy) is 3. The molecule has 0 N–H and O–H groups in total. The lowest BCUT2D eigenvalue weighted by Crippen LogP contribution is -2.30. The molecule has 0 bridgehead atoms. The fraction of sp³-hybridized carbons (Fsp3) is 0.958. The monoisotopic (exact) mass is 1100 g/mol. The Bertz CT molecular complexity index is 1170. The van der Waals surface area contributed by atoms with Crippen LogP contribution in [0, 0.1) is 0 Å². The van der Waals surface area contributed by atoms with E-state index in [1.54, 1.807) is 0 Å². The number of rotatable bonds is 68. The summed E-state index contributed by atoms with van der Waals surface area (Å²) in [6.45, 7) is 6.68. The van der Waals surface area contributed by atoms with E-state index < -0.39 is 6.10 Å². The van der Waals surface area contributed by atoms with Gasteiger partial charge in [0.25, 0.3) is 0 Å². The van der Waals surface area contributed by atoms with Gasteiger partial charge >= 0.3 is 17.9 Å². The minimum absolute atomic E-state index is 0.0616. The average Bonchev–Trinajstić information content (AvgIpc) is 3.44. The molecule has 1 unspecified atom stereocenters. The van der Waals surface area contributed by atoms with Crippen molar-refractivity contribution >= 4 is 17.9 Å². The Morgan fingerprint density at radius 1 is 0.205 bits per heavy atom. The number of hydrogen-bond acceptors (Lipinski definition) is 6. The molecule has 0 aliphatic carbocycles. The largest absolute Gasteiger partial charge is 0.462 e. The van der Waals surface area contributed by atoms with Gasteiger partial charge in [-0.2, -0.15) is 0 Å². The van der Waals surface area contributed by atoms with Crippen LogP contribution in [0.2, 0.25) is 0 Å². The summed E-state index contributed by atoms with van der Waals surface area (Å²) in [7, 11) is 0. The second-order valence-corrected chi connectivity index (χ2v) is 24.9. The van der Waals surface area contributed by atoms with Gasteiger partial charge in [-0.05, 0) is 19.3 Å². The molecule has 0 aromatic heterocycles. The molecule has 0 aromatic rings. The minimum Gasteiger partial charge on any atom is -0.462 e. The molecule has 0 aliphatic rings. The molecular formula is C72H140O6. The number of carbonyl (C=O) groups excluding carboxylic acids is 3. The zero-order valence-electron chi connectivity index (χ0n) is 53.5. The summed E-state index contributed by atoms with van der Waals surface area (Å²) in [5.41, 5.74) is 0. The van der Waals surface area contributed by atoms with Crippen molar-refractivity contribution in [2.75, 3.05) is 13.2 Å². The lowest BCUT2D eigenvalue weighted by molar-refractivity contribution is -0.167. The van der Waals surface area contributed by atoms with Gasteiger partial charge in [-0.25, -0.2) is 0 Å². The van der Waals surface area contributed by atoms with Crippen LogP contribution in [0.4, 0.5) is 0 Å². The zero-order valence-corrected chi connectivity index (χ0v) is 53.5. The minimum atomic E-state index is -0.761. The van der Waals surface area contributed by atoms with Crippen molar-refractivity contribution in [1.29, 1.82) is 0 Å². The summed E-state index contributed by atoms with van der Waals surface area (Å²) in [6.07, 6.45) is 80.5. The van der Waals surface area contributed by atoms with E-state index in [2.05, 4.69) is 20.8 Å². The first kappa shape index (κ1) is 76.4. The van der Waals surface area contributed by atoms with Crippen molar-refractivity contribution < 1.29 is 28.6 Å². The first-order chi connectivity index (χ1) is 38.5. The summed E-state index contributed by atoms with van der Waals surface area (Å²) in [6, 6.07) is 0. The highest BCUT2D eigenvalue weighted by molar-refractivity contribution is 5.71. The Morgan fingerprint density at radius 3 is 0.513 bits per heavy atom. The van der Waals surface area contributed by atoms with Crippen LogP contribution in [-0.4, -0.2) is 37.2 Å². The molecule has 0 fully saturated rings. The van der Waals surface area contributed by atoms with Crippen LogP contribution >= 0.6 is 0 Å². The summed E-state index contributed by atoms with van der Waals surface area (Å²) in [5, 5.41) is 0. The number of esters is 3. The molecule has 0 radical (unpaired) electrons. The SMILES string of the molecule is CCCCCCCCCCCCCCCCCCCCCCCCCCCCCCCCC(=O)OCC(COC(=O)CCCCCCCC)OC(=O)CCCCCCCCCCCCCCCCCCCCCCCCCC. The third kappa shape index (κ3) is 65.2. The van der Waals surface area contributed by atoms with Crippen LogP contribution in [0.5, 0.6) is 0 Å². The molecule has 0 aliphatic heterocycles. The fourth-order valence-corrected chi connectivity index (χ4v) is 11.5. The van der Waals surface area contributed by atoms with Gasteiger partial charge in [0.15, 0.2) is 6.10 Å². The molecule has 78 heavy (non-hydrogen) atoms. The van der Waals surface area contributed by atoms with Gasteiger partial charge in [0, 0.05) is 19.3 Å².